The monoisotopic (exact) mass is 273 g/mol. The van der Waals surface area contributed by atoms with Crippen LogP contribution in [0.4, 0.5) is 0 Å². The molecule has 0 radical (unpaired) electrons. The van der Waals surface area contributed by atoms with Gasteiger partial charge < -0.3 is 4.98 Å². The van der Waals surface area contributed by atoms with Gasteiger partial charge in [-0.1, -0.05) is 0 Å². The van der Waals surface area contributed by atoms with Crippen molar-refractivity contribution in [3.05, 3.63) is 34.5 Å². The summed E-state index contributed by atoms with van der Waals surface area (Å²) >= 11 is 0. The second kappa shape index (κ2) is 4.62. The summed E-state index contributed by atoms with van der Waals surface area (Å²) in [4.78, 5) is 27.3. The number of hydrogen-bond donors (Lipinski definition) is 5. The fourth-order valence-electron chi connectivity index (χ4n) is 3.04. The van der Waals surface area contributed by atoms with Crippen LogP contribution in [0.5, 0.6) is 0 Å². The number of H-pyrrole nitrogens is 1. The van der Waals surface area contributed by atoms with Gasteiger partial charge in [0.05, 0.1) is 11.1 Å². The van der Waals surface area contributed by atoms with E-state index in [0.29, 0.717) is 10.9 Å². The molecule has 2 aromatic rings. The zero-order valence-electron chi connectivity index (χ0n) is 10.7. The van der Waals surface area contributed by atoms with Crippen LogP contribution in [0.1, 0.15) is 38.3 Å². The van der Waals surface area contributed by atoms with E-state index >= 15 is 0 Å². The Balaban J connectivity index is 2.44. The van der Waals surface area contributed by atoms with Gasteiger partial charge in [0, 0.05) is 17.1 Å². The van der Waals surface area contributed by atoms with Crippen LogP contribution in [-0.2, 0) is 12.8 Å². The summed E-state index contributed by atoms with van der Waals surface area (Å²) in [7, 11) is 0. The number of nitrogens with one attached hydrogen (secondary N) is 3. The molecule has 104 valence electrons. The van der Waals surface area contributed by atoms with Crippen molar-refractivity contribution in [2.24, 2.45) is 11.7 Å². The van der Waals surface area contributed by atoms with Crippen LogP contribution >= 0.6 is 0 Å². The van der Waals surface area contributed by atoms with Crippen molar-refractivity contribution in [1.29, 1.82) is 0 Å². The van der Waals surface area contributed by atoms with Crippen LogP contribution in [0.15, 0.2) is 12.3 Å². The molecular formula is C13H15N5O2. The number of aromatic amines is 1. The van der Waals surface area contributed by atoms with E-state index in [4.69, 9.17) is 11.7 Å². The molecule has 0 unspecified atom stereocenters. The number of rotatable bonds is 2. The van der Waals surface area contributed by atoms with E-state index in [1.807, 2.05) is 0 Å². The normalized spacial score (nSPS) is 13.3. The van der Waals surface area contributed by atoms with Crippen LogP contribution in [0, 0.1) is 0 Å². The Kier molecular flexibility index (Phi) is 2.92. The highest BCUT2D eigenvalue weighted by molar-refractivity contribution is 6.16. The van der Waals surface area contributed by atoms with Gasteiger partial charge in [0.1, 0.15) is 0 Å². The molecule has 20 heavy (non-hydrogen) atoms. The summed E-state index contributed by atoms with van der Waals surface area (Å²) in [6, 6.07) is 1.77. The lowest BCUT2D eigenvalue weighted by molar-refractivity contribution is 0.0920. The first-order valence-electron chi connectivity index (χ1n) is 6.35. The number of amides is 2. The number of nitrogen functional groups attached to an aromatic ring is 2. The van der Waals surface area contributed by atoms with Gasteiger partial charge in [0.15, 0.2) is 0 Å². The Labute approximate surface area is 114 Å². The number of hydrogen-bond acceptors (Lipinski definition) is 4. The highest BCUT2D eigenvalue weighted by atomic mass is 16.2. The molecule has 1 aliphatic rings. The number of carbonyl (C=O) groups is 2. The van der Waals surface area contributed by atoms with E-state index in [1.165, 1.54) is 0 Å². The maximum absolute atomic E-state index is 12.1. The number of benzene rings is 1. The SMILES string of the molecule is NNC(=O)c1c2c(c3[nH]ccc3c1C(=O)NN)CCC2. The highest BCUT2D eigenvalue weighted by Gasteiger charge is 2.29. The lowest BCUT2D eigenvalue weighted by Gasteiger charge is -2.14. The van der Waals surface area contributed by atoms with Gasteiger partial charge in [-0.15, -0.1) is 0 Å². The molecule has 1 heterocycles. The highest BCUT2D eigenvalue weighted by Crippen LogP contribution is 2.35. The fraction of sp³-hybridized carbons (Fsp3) is 0.231. The van der Waals surface area contributed by atoms with Gasteiger partial charge in [-0.3, -0.25) is 20.4 Å². The third-order valence-electron chi connectivity index (χ3n) is 3.80. The number of aromatic nitrogens is 1. The van der Waals surface area contributed by atoms with Crippen molar-refractivity contribution in [3.63, 3.8) is 0 Å². The number of carbonyl (C=O) groups excluding carboxylic acids is 2. The minimum absolute atomic E-state index is 0.271. The minimum Gasteiger partial charge on any atom is -0.361 e. The average Bonchev–Trinajstić information content (AvgIpc) is 3.11. The van der Waals surface area contributed by atoms with Gasteiger partial charge in [-0.2, -0.15) is 0 Å². The number of aryl methyl sites for hydroxylation is 1. The molecular weight excluding hydrogens is 258 g/mol. The van der Waals surface area contributed by atoms with Crippen LogP contribution in [0.25, 0.3) is 10.9 Å². The smallest absolute Gasteiger partial charge is 0.266 e. The molecule has 1 aromatic carbocycles. The van der Waals surface area contributed by atoms with E-state index in [9.17, 15) is 9.59 Å². The topological polar surface area (TPSA) is 126 Å². The molecule has 2 amide bonds. The Bertz CT molecular complexity index is 719. The van der Waals surface area contributed by atoms with Gasteiger partial charge in [-0.25, -0.2) is 11.7 Å². The number of fused-ring (bicyclic) bond motifs is 3. The van der Waals surface area contributed by atoms with Crippen LogP contribution < -0.4 is 22.5 Å². The lowest BCUT2D eigenvalue weighted by atomic mass is 9.92. The van der Waals surface area contributed by atoms with E-state index in [1.54, 1.807) is 12.3 Å². The average molecular weight is 273 g/mol. The van der Waals surface area contributed by atoms with Crippen molar-refractivity contribution in [2.75, 3.05) is 0 Å². The number of nitrogens with two attached hydrogens (primary N) is 2. The fourth-order valence-corrected chi connectivity index (χ4v) is 3.04. The molecule has 0 atom stereocenters. The maximum atomic E-state index is 12.1. The second-order valence-electron chi connectivity index (χ2n) is 4.77. The molecule has 1 aliphatic carbocycles. The quantitative estimate of drug-likeness (QED) is 0.296. The molecule has 0 bridgehead atoms. The van der Waals surface area contributed by atoms with Gasteiger partial charge in [0.25, 0.3) is 11.8 Å². The van der Waals surface area contributed by atoms with Gasteiger partial charge in [-0.05, 0) is 36.5 Å². The van der Waals surface area contributed by atoms with Crippen molar-refractivity contribution >= 4 is 22.7 Å². The van der Waals surface area contributed by atoms with Crippen LogP contribution in [0.2, 0.25) is 0 Å². The molecule has 0 aliphatic heterocycles. The third kappa shape index (κ3) is 1.60. The molecule has 7 heteroatoms. The molecule has 1 aromatic heterocycles. The molecule has 0 saturated carbocycles. The van der Waals surface area contributed by atoms with Crippen molar-refractivity contribution in [2.45, 2.75) is 19.3 Å². The van der Waals surface area contributed by atoms with Crippen molar-refractivity contribution in [1.82, 2.24) is 15.8 Å². The first kappa shape index (κ1) is 12.6. The molecule has 7 nitrogen and oxygen atoms in total. The predicted octanol–water partition coefficient (Wildman–Crippen LogP) is -0.136. The maximum Gasteiger partial charge on any atom is 0.266 e. The van der Waals surface area contributed by atoms with Crippen molar-refractivity contribution < 1.29 is 9.59 Å². The zero-order chi connectivity index (χ0) is 14.3. The second-order valence-corrected chi connectivity index (χ2v) is 4.77. The minimum atomic E-state index is -0.497. The number of hydrazine groups is 2. The summed E-state index contributed by atoms with van der Waals surface area (Å²) in [5.41, 5.74) is 7.67. The summed E-state index contributed by atoms with van der Waals surface area (Å²) in [6.45, 7) is 0. The van der Waals surface area contributed by atoms with E-state index in [0.717, 1.165) is 35.9 Å². The zero-order valence-corrected chi connectivity index (χ0v) is 10.7. The molecule has 0 fully saturated rings. The van der Waals surface area contributed by atoms with E-state index < -0.39 is 11.8 Å². The van der Waals surface area contributed by atoms with E-state index in [2.05, 4.69) is 15.8 Å². The van der Waals surface area contributed by atoms with E-state index in [-0.39, 0.29) is 5.56 Å². The summed E-state index contributed by atoms with van der Waals surface area (Å²) in [5, 5.41) is 0.687. The lowest BCUT2D eigenvalue weighted by Crippen LogP contribution is -2.36. The van der Waals surface area contributed by atoms with Crippen LogP contribution in [0.3, 0.4) is 0 Å². The van der Waals surface area contributed by atoms with Gasteiger partial charge >= 0.3 is 0 Å². The molecule has 3 rings (SSSR count). The third-order valence-corrected chi connectivity index (χ3v) is 3.80. The first-order chi connectivity index (χ1) is 9.69. The Morgan fingerprint density at radius 3 is 2.40 bits per heavy atom. The molecule has 7 N–H and O–H groups in total. The molecule has 0 spiro atoms. The first-order valence-corrected chi connectivity index (χ1v) is 6.35. The Morgan fingerprint density at radius 1 is 1.05 bits per heavy atom. The Morgan fingerprint density at radius 2 is 1.70 bits per heavy atom. The largest absolute Gasteiger partial charge is 0.361 e. The summed E-state index contributed by atoms with van der Waals surface area (Å²) in [5.74, 6) is 9.54. The van der Waals surface area contributed by atoms with Crippen LogP contribution in [-0.4, -0.2) is 16.8 Å². The van der Waals surface area contributed by atoms with Crippen molar-refractivity contribution in [3.8, 4) is 0 Å². The Hall–Kier alpha value is -2.38. The molecule has 0 saturated heterocycles. The summed E-state index contributed by atoms with van der Waals surface area (Å²) < 4.78 is 0. The predicted molar refractivity (Wildman–Crippen MR) is 73.6 cm³/mol. The standard InChI is InChI=1S/C13H15N5O2/c14-17-12(19)9-6-2-1-3-7(6)11-8(4-5-16-11)10(9)13(20)18-15/h4-5,16H,1-3,14-15H2,(H,17,19)(H,18,20). The summed E-state index contributed by atoms with van der Waals surface area (Å²) in [6.07, 6.45) is 4.32. The van der Waals surface area contributed by atoms with Gasteiger partial charge in [0.2, 0.25) is 0 Å².